The van der Waals surface area contributed by atoms with Crippen LogP contribution >= 0.6 is 0 Å². The summed E-state index contributed by atoms with van der Waals surface area (Å²) in [5.74, 6) is 0.341. The van der Waals surface area contributed by atoms with Crippen LogP contribution in [0, 0.1) is 12.8 Å². The molecule has 1 aromatic carbocycles. The molecule has 1 fully saturated rings. The summed E-state index contributed by atoms with van der Waals surface area (Å²) in [5.41, 5.74) is 1.02. The molecule has 1 atom stereocenters. The van der Waals surface area contributed by atoms with Crippen LogP contribution < -0.4 is 0 Å². The maximum atomic E-state index is 11.8. The molecule has 2 rings (SSSR count). The van der Waals surface area contributed by atoms with Crippen LogP contribution in [0.25, 0.3) is 0 Å². The molecule has 0 aliphatic carbocycles. The number of hydrogen-bond acceptors (Lipinski definition) is 2. The van der Waals surface area contributed by atoms with Crippen molar-refractivity contribution in [3.63, 3.8) is 0 Å². The molecule has 17 heavy (non-hydrogen) atoms. The van der Waals surface area contributed by atoms with Crippen LogP contribution in [0.15, 0.2) is 30.3 Å². The summed E-state index contributed by atoms with van der Waals surface area (Å²) in [6.45, 7) is 5.85. The van der Waals surface area contributed by atoms with Crippen molar-refractivity contribution in [3.05, 3.63) is 42.8 Å². The third-order valence-corrected chi connectivity index (χ3v) is 2.98. The predicted octanol–water partition coefficient (Wildman–Crippen LogP) is 2.87. The van der Waals surface area contributed by atoms with Crippen molar-refractivity contribution >= 4 is 6.09 Å². The Morgan fingerprint density at radius 2 is 2.18 bits per heavy atom. The lowest BCUT2D eigenvalue weighted by Crippen LogP contribution is -2.39. The van der Waals surface area contributed by atoms with Gasteiger partial charge in [0.15, 0.2) is 0 Å². The number of likely N-dealkylation sites (tertiary alicyclic amines) is 1. The molecule has 0 N–H and O–H groups in total. The molecule has 1 saturated heterocycles. The van der Waals surface area contributed by atoms with E-state index in [4.69, 9.17) is 4.74 Å². The number of ether oxygens (including phenoxy) is 1. The van der Waals surface area contributed by atoms with Gasteiger partial charge in [-0.15, -0.1) is 0 Å². The first-order valence-electron chi connectivity index (χ1n) is 6.04. The quantitative estimate of drug-likeness (QED) is 0.784. The third-order valence-electron chi connectivity index (χ3n) is 2.98. The Kier molecular flexibility index (Phi) is 4.02. The zero-order chi connectivity index (χ0) is 12.1. The summed E-state index contributed by atoms with van der Waals surface area (Å²) in [6, 6.07) is 9.73. The second kappa shape index (κ2) is 5.71. The van der Waals surface area contributed by atoms with Crippen LogP contribution in [0.4, 0.5) is 4.79 Å². The van der Waals surface area contributed by atoms with Gasteiger partial charge in [-0.2, -0.15) is 0 Å². The zero-order valence-corrected chi connectivity index (χ0v) is 9.97. The van der Waals surface area contributed by atoms with Gasteiger partial charge in [-0.25, -0.2) is 4.79 Å². The number of carbonyl (C=O) groups is 1. The van der Waals surface area contributed by atoms with Crippen molar-refractivity contribution in [2.45, 2.75) is 19.4 Å². The maximum Gasteiger partial charge on any atom is 0.410 e. The summed E-state index contributed by atoms with van der Waals surface area (Å²) in [5, 5.41) is 0. The van der Waals surface area contributed by atoms with Gasteiger partial charge in [0.05, 0.1) is 0 Å². The van der Waals surface area contributed by atoms with E-state index in [1.807, 2.05) is 30.3 Å². The molecule has 1 heterocycles. The van der Waals surface area contributed by atoms with E-state index in [-0.39, 0.29) is 6.09 Å². The topological polar surface area (TPSA) is 29.5 Å². The fraction of sp³-hybridized carbons (Fsp3) is 0.429. The fourth-order valence-electron chi connectivity index (χ4n) is 2.04. The Bertz CT molecular complexity index is 364. The van der Waals surface area contributed by atoms with Gasteiger partial charge in [0.25, 0.3) is 0 Å². The second-order valence-corrected chi connectivity index (χ2v) is 4.49. The molecule has 3 nitrogen and oxygen atoms in total. The zero-order valence-electron chi connectivity index (χ0n) is 9.97. The fourth-order valence-corrected chi connectivity index (χ4v) is 2.04. The Balaban J connectivity index is 1.81. The average molecular weight is 232 g/mol. The van der Waals surface area contributed by atoms with E-state index in [1.54, 1.807) is 4.90 Å². The maximum absolute atomic E-state index is 11.8. The number of rotatable bonds is 2. The van der Waals surface area contributed by atoms with Crippen molar-refractivity contribution in [2.75, 3.05) is 13.1 Å². The predicted molar refractivity (Wildman–Crippen MR) is 66.3 cm³/mol. The van der Waals surface area contributed by atoms with Gasteiger partial charge in [-0.05, 0) is 31.2 Å². The van der Waals surface area contributed by atoms with E-state index < -0.39 is 0 Å². The van der Waals surface area contributed by atoms with Crippen molar-refractivity contribution in [3.8, 4) is 0 Å². The normalized spacial score (nSPS) is 20.1. The first-order chi connectivity index (χ1) is 8.25. The molecular formula is C14H18NO2. The van der Waals surface area contributed by atoms with E-state index in [9.17, 15) is 4.79 Å². The number of carbonyl (C=O) groups excluding carboxylic acids is 1. The van der Waals surface area contributed by atoms with Crippen molar-refractivity contribution in [1.29, 1.82) is 0 Å². The SMILES string of the molecule is [CH2]C1CCCN(C(=O)OCc2ccccc2)C1. The van der Waals surface area contributed by atoms with Gasteiger partial charge in [-0.3, -0.25) is 0 Å². The largest absolute Gasteiger partial charge is 0.445 e. The smallest absolute Gasteiger partial charge is 0.410 e. The Morgan fingerprint density at radius 3 is 2.88 bits per heavy atom. The van der Waals surface area contributed by atoms with Crippen LogP contribution in [-0.4, -0.2) is 24.1 Å². The molecule has 1 aromatic rings. The average Bonchev–Trinajstić information content (AvgIpc) is 2.37. The van der Waals surface area contributed by atoms with Crippen molar-refractivity contribution < 1.29 is 9.53 Å². The minimum absolute atomic E-state index is 0.220. The van der Waals surface area contributed by atoms with E-state index >= 15 is 0 Å². The first kappa shape index (κ1) is 12.0. The monoisotopic (exact) mass is 232 g/mol. The highest BCUT2D eigenvalue weighted by atomic mass is 16.6. The van der Waals surface area contributed by atoms with E-state index in [0.29, 0.717) is 19.1 Å². The Morgan fingerprint density at radius 1 is 1.41 bits per heavy atom. The summed E-state index contributed by atoms with van der Waals surface area (Å²) >= 11 is 0. The van der Waals surface area contributed by atoms with Crippen LogP contribution in [0.2, 0.25) is 0 Å². The molecule has 1 aliphatic heterocycles. The lowest BCUT2D eigenvalue weighted by atomic mass is 10.0. The molecule has 1 aliphatic rings. The molecule has 0 saturated carbocycles. The highest BCUT2D eigenvalue weighted by molar-refractivity contribution is 5.67. The lowest BCUT2D eigenvalue weighted by Gasteiger charge is -2.29. The van der Waals surface area contributed by atoms with Gasteiger partial charge in [0, 0.05) is 13.1 Å². The molecule has 1 unspecified atom stereocenters. The lowest BCUT2D eigenvalue weighted by molar-refractivity contribution is 0.0833. The van der Waals surface area contributed by atoms with Gasteiger partial charge in [-0.1, -0.05) is 30.3 Å². The minimum atomic E-state index is -0.220. The van der Waals surface area contributed by atoms with Crippen LogP contribution in [-0.2, 0) is 11.3 Å². The number of hydrogen-bond donors (Lipinski definition) is 0. The van der Waals surface area contributed by atoms with E-state index in [2.05, 4.69) is 6.92 Å². The summed E-state index contributed by atoms with van der Waals surface area (Å²) in [6.07, 6.45) is 1.90. The Labute approximate surface area is 102 Å². The van der Waals surface area contributed by atoms with Gasteiger partial charge in [0.2, 0.25) is 0 Å². The summed E-state index contributed by atoms with van der Waals surface area (Å²) in [4.78, 5) is 13.5. The third kappa shape index (κ3) is 3.48. The van der Waals surface area contributed by atoms with Gasteiger partial charge >= 0.3 is 6.09 Å². The standard InChI is InChI=1S/C14H18NO2/c1-12-6-5-9-15(10-12)14(16)17-11-13-7-3-2-4-8-13/h2-4,7-8,12H,1,5-6,9-11H2. The summed E-state index contributed by atoms with van der Waals surface area (Å²) in [7, 11) is 0. The molecule has 0 aromatic heterocycles. The Hall–Kier alpha value is -1.51. The van der Waals surface area contributed by atoms with E-state index in [0.717, 1.165) is 24.9 Å². The number of amides is 1. The highest BCUT2D eigenvalue weighted by Crippen LogP contribution is 2.16. The molecule has 91 valence electrons. The number of piperidine rings is 1. The van der Waals surface area contributed by atoms with Crippen molar-refractivity contribution in [1.82, 2.24) is 4.90 Å². The van der Waals surface area contributed by atoms with Crippen molar-refractivity contribution in [2.24, 2.45) is 5.92 Å². The summed E-state index contributed by atoms with van der Waals surface area (Å²) < 4.78 is 5.28. The van der Waals surface area contributed by atoms with Gasteiger partial charge < -0.3 is 9.64 Å². The molecule has 3 heteroatoms. The number of benzene rings is 1. The second-order valence-electron chi connectivity index (χ2n) is 4.49. The number of nitrogens with zero attached hydrogens (tertiary/aromatic N) is 1. The molecule has 0 spiro atoms. The first-order valence-corrected chi connectivity index (χ1v) is 6.04. The molecular weight excluding hydrogens is 214 g/mol. The molecule has 1 amide bonds. The van der Waals surface area contributed by atoms with Crippen LogP contribution in [0.3, 0.4) is 0 Å². The molecule has 0 bridgehead atoms. The van der Waals surface area contributed by atoms with Crippen LogP contribution in [0.5, 0.6) is 0 Å². The van der Waals surface area contributed by atoms with Gasteiger partial charge in [0.1, 0.15) is 6.61 Å². The van der Waals surface area contributed by atoms with Crippen LogP contribution in [0.1, 0.15) is 18.4 Å². The minimum Gasteiger partial charge on any atom is -0.445 e. The molecule has 1 radical (unpaired) electrons. The van der Waals surface area contributed by atoms with E-state index in [1.165, 1.54) is 0 Å². The highest BCUT2D eigenvalue weighted by Gasteiger charge is 2.21.